The van der Waals surface area contributed by atoms with E-state index in [-0.39, 0.29) is 11.9 Å². The first-order chi connectivity index (χ1) is 8.76. The van der Waals surface area contributed by atoms with Crippen molar-refractivity contribution in [2.24, 2.45) is 0 Å². The van der Waals surface area contributed by atoms with E-state index in [1.165, 1.54) is 11.6 Å². The molecule has 0 amide bonds. The highest BCUT2D eigenvalue weighted by molar-refractivity contribution is 5.35. The molecule has 1 atom stereocenters. The number of nitrogens with zero attached hydrogens (tertiary/aromatic N) is 1. The van der Waals surface area contributed by atoms with Gasteiger partial charge < -0.3 is 5.32 Å². The second kappa shape index (κ2) is 5.74. The molecule has 1 aromatic heterocycles. The van der Waals surface area contributed by atoms with Crippen LogP contribution in [0.15, 0.2) is 42.7 Å². The number of aryl methyl sites for hydroxylation is 1. The minimum atomic E-state index is -0.208. The molecule has 3 heteroatoms. The molecule has 0 saturated carbocycles. The molecule has 1 heterocycles. The summed E-state index contributed by atoms with van der Waals surface area (Å²) in [5, 5.41) is 3.24. The number of halogens is 1. The summed E-state index contributed by atoms with van der Waals surface area (Å²) in [6.07, 6.45) is 4.56. The molecular formula is C15H17FN2. The lowest BCUT2D eigenvalue weighted by atomic mass is 9.95. The molecular weight excluding hydrogens is 227 g/mol. The van der Waals surface area contributed by atoms with E-state index >= 15 is 0 Å². The standard InChI is InChI=1S/C15H17FN2/c1-3-11-10-18-8-7-14(11)15(17-2)12-5-4-6-13(16)9-12/h4-10,15,17H,3H2,1-2H3. The average molecular weight is 244 g/mol. The van der Waals surface area contributed by atoms with Crippen molar-refractivity contribution in [1.29, 1.82) is 0 Å². The van der Waals surface area contributed by atoms with E-state index in [4.69, 9.17) is 0 Å². The number of benzene rings is 1. The first kappa shape index (κ1) is 12.7. The monoisotopic (exact) mass is 244 g/mol. The van der Waals surface area contributed by atoms with Gasteiger partial charge in [-0.1, -0.05) is 19.1 Å². The number of hydrogen-bond acceptors (Lipinski definition) is 2. The van der Waals surface area contributed by atoms with E-state index in [2.05, 4.69) is 17.2 Å². The molecule has 1 aromatic carbocycles. The topological polar surface area (TPSA) is 24.9 Å². The highest BCUT2D eigenvalue weighted by Gasteiger charge is 2.15. The third-order valence-electron chi connectivity index (χ3n) is 3.10. The maximum Gasteiger partial charge on any atom is 0.123 e. The smallest absolute Gasteiger partial charge is 0.123 e. The van der Waals surface area contributed by atoms with E-state index in [0.29, 0.717) is 0 Å². The highest BCUT2D eigenvalue weighted by Crippen LogP contribution is 2.25. The number of aromatic nitrogens is 1. The molecule has 1 N–H and O–H groups in total. The molecule has 2 rings (SSSR count). The molecule has 0 aliphatic carbocycles. The number of nitrogens with one attached hydrogen (secondary N) is 1. The Hall–Kier alpha value is -1.74. The van der Waals surface area contributed by atoms with Crippen LogP contribution >= 0.6 is 0 Å². The van der Waals surface area contributed by atoms with E-state index < -0.39 is 0 Å². The molecule has 0 spiro atoms. The Bertz CT molecular complexity index is 525. The minimum Gasteiger partial charge on any atom is -0.309 e. The van der Waals surface area contributed by atoms with Crippen molar-refractivity contribution in [3.05, 3.63) is 65.2 Å². The molecule has 0 fully saturated rings. The second-order valence-corrected chi connectivity index (χ2v) is 4.20. The first-order valence-corrected chi connectivity index (χ1v) is 6.11. The highest BCUT2D eigenvalue weighted by atomic mass is 19.1. The van der Waals surface area contributed by atoms with Crippen LogP contribution in [0.5, 0.6) is 0 Å². The van der Waals surface area contributed by atoms with Crippen LogP contribution in [0.2, 0.25) is 0 Å². The van der Waals surface area contributed by atoms with Gasteiger partial charge in [0.25, 0.3) is 0 Å². The SMILES string of the molecule is CCc1cnccc1C(NC)c1cccc(F)c1. The Labute approximate surface area is 107 Å². The number of pyridine rings is 1. The van der Waals surface area contributed by atoms with Crippen molar-refractivity contribution in [2.45, 2.75) is 19.4 Å². The fourth-order valence-electron chi connectivity index (χ4n) is 2.20. The van der Waals surface area contributed by atoms with E-state index in [1.807, 2.05) is 25.4 Å². The lowest BCUT2D eigenvalue weighted by Gasteiger charge is -2.20. The van der Waals surface area contributed by atoms with Crippen LogP contribution in [-0.2, 0) is 6.42 Å². The largest absolute Gasteiger partial charge is 0.309 e. The fraction of sp³-hybridized carbons (Fsp3) is 0.267. The maximum absolute atomic E-state index is 13.3. The average Bonchev–Trinajstić information content (AvgIpc) is 2.40. The van der Waals surface area contributed by atoms with E-state index in [0.717, 1.165) is 17.5 Å². The second-order valence-electron chi connectivity index (χ2n) is 4.20. The van der Waals surface area contributed by atoms with Gasteiger partial charge in [-0.2, -0.15) is 0 Å². The lowest BCUT2D eigenvalue weighted by Crippen LogP contribution is -2.19. The van der Waals surface area contributed by atoms with Crippen molar-refractivity contribution in [1.82, 2.24) is 10.3 Å². The van der Waals surface area contributed by atoms with Gasteiger partial charge in [-0.25, -0.2) is 4.39 Å². The summed E-state index contributed by atoms with van der Waals surface area (Å²) in [5.41, 5.74) is 3.26. The summed E-state index contributed by atoms with van der Waals surface area (Å²) >= 11 is 0. The summed E-state index contributed by atoms with van der Waals surface area (Å²) in [4.78, 5) is 4.14. The van der Waals surface area contributed by atoms with Crippen LogP contribution in [-0.4, -0.2) is 12.0 Å². The zero-order valence-electron chi connectivity index (χ0n) is 10.7. The van der Waals surface area contributed by atoms with Crippen LogP contribution in [0.3, 0.4) is 0 Å². The molecule has 2 aromatic rings. The Morgan fingerprint density at radius 3 is 2.83 bits per heavy atom. The number of rotatable bonds is 4. The van der Waals surface area contributed by atoms with Gasteiger partial charge in [-0.15, -0.1) is 0 Å². The minimum absolute atomic E-state index is 0.00125. The van der Waals surface area contributed by atoms with Gasteiger partial charge in [0.05, 0.1) is 6.04 Å². The van der Waals surface area contributed by atoms with Gasteiger partial charge in [-0.05, 0) is 48.4 Å². The van der Waals surface area contributed by atoms with Gasteiger partial charge in [0.1, 0.15) is 5.82 Å². The first-order valence-electron chi connectivity index (χ1n) is 6.11. The van der Waals surface area contributed by atoms with Crippen LogP contribution in [0.4, 0.5) is 4.39 Å². The van der Waals surface area contributed by atoms with Crippen LogP contribution in [0, 0.1) is 5.82 Å². The zero-order chi connectivity index (χ0) is 13.0. The Balaban J connectivity index is 2.45. The number of hydrogen-bond donors (Lipinski definition) is 1. The van der Waals surface area contributed by atoms with E-state index in [9.17, 15) is 4.39 Å². The summed E-state index contributed by atoms with van der Waals surface area (Å²) in [6.45, 7) is 2.10. The van der Waals surface area contributed by atoms with Gasteiger partial charge in [0, 0.05) is 12.4 Å². The Kier molecular flexibility index (Phi) is 4.05. The van der Waals surface area contributed by atoms with Crippen LogP contribution in [0.1, 0.15) is 29.7 Å². The third kappa shape index (κ3) is 2.57. The van der Waals surface area contributed by atoms with Crippen LogP contribution in [0.25, 0.3) is 0 Å². The normalized spacial score (nSPS) is 12.4. The lowest BCUT2D eigenvalue weighted by molar-refractivity contribution is 0.615. The third-order valence-corrected chi connectivity index (χ3v) is 3.10. The summed E-state index contributed by atoms with van der Waals surface area (Å²) in [6, 6.07) is 8.69. The molecule has 0 radical (unpaired) electrons. The van der Waals surface area contributed by atoms with Gasteiger partial charge >= 0.3 is 0 Å². The van der Waals surface area contributed by atoms with Crippen molar-refractivity contribution < 1.29 is 4.39 Å². The summed E-state index contributed by atoms with van der Waals surface area (Å²) in [7, 11) is 1.88. The summed E-state index contributed by atoms with van der Waals surface area (Å²) in [5.74, 6) is -0.208. The Morgan fingerprint density at radius 1 is 1.33 bits per heavy atom. The molecule has 2 nitrogen and oxygen atoms in total. The fourth-order valence-corrected chi connectivity index (χ4v) is 2.20. The molecule has 1 unspecified atom stereocenters. The molecule has 0 bridgehead atoms. The molecule has 18 heavy (non-hydrogen) atoms. The molecule has 0 aliphatic heterocycles. The van der Waals surface area contributed by atoms with Gasteiger partial charge in [-0.3, -0.25) is 4.98 Å². The van der Waals surface area contributed by atoms with Crippen molar-refractivity contribution >= 4 is 0 Å². The predicted molar refractivity (Wildman–Crippen MR) is 70.9 cm³/mol. The quantitative estimate of drug-likeness (QED) is 0.894. The summed E-state index contributed by atoms with van der Waals surface area (Å²) < 4.78 is 13.3. The zero-order valence-corrected chi connectivity index (χ0v) is 10.7. The van der Waals surface area contributed by atoms with Crippen molar-refractivity contribution in [3.8, 4) is 0 Å². The molecule has 94 valence electrons. The van der Waals surface area contributed by atoms with E-state index in [1.54, 1.807) is 18.3 Å². The van der Waals surface area contributed by atoms with Crippen molar-refractivity contribution in [2.75, 3.05) is 7.05 Å². The predicted octanol–water partition coefficient (Wildman–Crippen LogP) is 3.09. The van der Waals surface area contributed by atoms with Crippen molar-refractivity contribution in [3.63, 3.8) is 0 Å². The molecule has 0 saturated heterocycles. The van der Waals surface area contributed by atoms with Gasteiger partial charge in [0.15, 0.2) is 0 Å². The van der Waals surface area contributed by atoms with Crippen LogP contribution < -0.4 is 5.32 Å². The maximum atomic E-state index is 13.3. The molecule has 0 aliphatic rings. The Morgan fingerprint density at radius 2 is 2.17 bits per heavy atom. The van der Waals surface area contributed by atoms with Gasteiger partial charge in [0.2, 0.25) is 0 Å².